The molecule has 1 fully saturated rings. The summed E-state index contributed by atoms with van der Waals surface area (Å²) in [5.74, 6) is 2.50. The molecule has 2 rings (SSSR count). The van der Waals surface area contributed by atoms with Crippen LogP contribution in [0.5, 0.6) is 0 Å². The Balaban J connectivity index is 2.24. The number of nitrogens with zero attached hydrogens (tertiary/aromatic N) is 2. The maximum atomic E-state index is 4.73. The molecule has 17 heavy (non-hydrogen) atoms. The minimum absolute atomic E-state index is 0.212. The van der Waals surface area contributed by atoms with Crippen LogP contribution in [0.15, 0.2) is 0 Å². The SMILES string of the molecule is CCCC1(c2n[nH]c(C(C)C)n2)CCNCC1. The molecule has 0 aliphatic carbocycles. The zero-order valence-electron chi connectivity index (χ0n) is 11.2. The van der Waals surface area contributed by atoms with Crippen molar-refractivity contribution in [3.63, 3.8) is 0 Å². The van der Waals surface area contributed by atoms with Crippen molar-refractivity contribution in [3.05, 3.63) is 11.6 Å². The van der Waals surface area contributed by atoms with Crippen LogP contribution in [0, 0.1) is 0 Å². The summed E-state index contributed by atoms with van der Waals surface area (Å²) in [6.45, 7) is 8.73. The van der Waals surface area contributed by atoms with Gasteiger partial charge in [0.1, 0.15) is 5.82 Å². The van der Waals surface area contributed by atoms with E-state index in [1.165, 1.54) is 12.8 Å². The van der Waals surface area contributed by atoms with Gasteiger partial charge in [0, 0.05) is 11.3 Å². The Hall–Kier alpha value is -0.900. The predicted octanol–water partition coefficient (Wildman–Crippen LogP) is 2.35. The van der Waals surface area contributed by atoms with Crippen LogP contribution in [0.3, 0.4) is 0 Å². The lowest BCUT2D eigenvalue weighted by atomic mass is 9.75. The van der Waals surface area contributed by atoms with Crippen molar-refractivity contribution in [2.24, 2.45) is 0 Å². The van der Waals surface area contributed by atoms with Crippen molar-refractivity contribution in [2.45, 2.75) is 57.8 Å². The number of hydrogen-bond donors (Lipinski definition) is 2. The van der Waals surface area contributed by atoms with E-state index in [2.05, 4.69) is 36.3 Å². The van der Waals surface area contributed by atoms with Crippen LogP contribution < -0.4 is 5.32 Å². The number of hydrogen-bond acceptors (Lipinski definition) is 3. The molecule has 0 unspecified atom stereocenters. The maximum Gasteiger partial charge on any atom is 0.156 e. The van der Waals surface area contributed by atoms with E-state index in [0.717, 1.165) is 37.6 Å². The standard InChI is InChI=1S/C13H24N4/c1-4-5-13(6-8-14-9-7-13)12-15-11(10(2)3)16-17-12/h10,14H,4-9H2,1-3H3,(H,15,16,17). The predicted molar refractivity (Wildman–Crippen MR) is 69.2 cm³/mol. The lowest BCUT2D eigenvalue weighted by molar-refractivity contribution is 0.271. The van der Waals surface area contributed by atoms with Crippen LogP contribution in [0.25, 0.3) is 0 Å². The molecule has 0 saturated carbocycles. The Morgan fingerprint density at radius 1 is 1.29 bits per heavy atom. The van der Waals surface area contributed by atoms with E-state index in [1.807, 2.05) is 0 Å². The van der Waals surface area contributed by atoms with E-state index in [1.54, 1.807) is 0 Å². The van der Waals surface area contributed by atoms with Crippen LogP contribution in [0.4, 0.5) is 0 Å². The highest BCUT2D eigenvalue weighted by Crippen LogP contribution is 2.36. The van der Waals surface area contributed by atoms with Crippen molar-refractivity contribution in [1.29, 1.82) is 0 Å². The van der Waals surface area contributed by atoms with Crippen molar-refractivity contribution in [3.8, 4) is 0 Å². The molecule has 0 radical (unpaired) electrons. The van der Waals surface area contributed by atoms with E-state index < -0.39 is 0 Å². The molecule has 96 valence electrons. The van der Waals surface area contributed by atoms with Gasteiger partial charge < -0.3 is 5.32 Å². The summed E-state index contributed by atoms with van der Waals surface area (Å²) in [5, 5.41) is 11.0. The molecule has 2 heterocycles. The first-order valence-corrected chi connectivity index (χ1v) is 6.81. The first kappa shape index (κ1) is 12.6. The summed E-state index contributed by atoms with van der Waals surface area (Å²) in [5.41, 5.74) is 0.212. The zero-order chi connectivity index (χ0) is 12.3. The van der Waals surface area contributed by atoms with E-state index in [4.69, 9.17) is 4.98 Å². The van der Waals surface area contributed by atoms with Crippen LogP contribution >= 0.6 is 0 Å². The second kappa shape index (κ2) is 5.17. The monoisotopic (exact) mass is 236 g/mol. The summed E-state index contributed by atoms with van der Waals surface area (Å²) in [6, 6.07) is 0. The average molecular weight is 236 g/mol. The van der Waals surface area contributed by atoms with Gasteiger partial charge in [-0.15, -0.1) is 0 Å². The summed E-state index contributed by atoms with van der Waals surface area (Å²) >= 11 is 0. The quantitative estimate of drug-likeness (QED) is 0.843. The molecule has 0 bridgehead atoms. The first-order chi connectivity index (χ1) is 8.18. The summed E-state index contributed by atoms with van der Waals surface area (Å²) in [7, 11) is 0. The Morgan fingerprint density at radius 3 is 2.53 bits per heavy atom. The molecule has 1 aliphatic heterocycles. The Kier molecular flexibility index (Phi) is 3.82. The number of rotatable bonds is 4. The second-order valence-electron chi connectivity index (χ2n) is 5.48. The zero-order valence-corrected chi connectivity index (χ0v) is 11.2. The van der Waals surface area contributed by atoms with E-state index in [0.29, 0.717) is 5.92 Å². The molecule has 1 aliphatic rings. The van der Waals surface area contributed by atoms with Crippen molar-refractivity contribution < 1.29 is 0 Å². The average Bonchev–Trinajstić information content (AvgIpc) is 2.80. The molecule has 4 nitrogen and oxygen atoms in total. The van der Waals surface area contributed by atoms with Crippen molar-refractivity contribution in [2.75, 3.05) is 13.1 Å². The number of piperidine rings is 1. The molecule has 0 spiro atoms. The Labute approximate surface area is 104 Å². The highest BCUT2D eigenvalue weighted by molar-refractivity contribution is 5.11. The fourth-order valence-electron chi connectivity index (χ4n) is 2.74. The summed E-state index contributed by atoms with van der Waals surface area (Å²) in [4.78, 5) is 4.73. The van der Waals surface area contributed by atoms with Gasteiger partial charge in [-0.3, -0.25) is 5.10 Å². The second-order valence-corrected chi connectivity index (χ2v) is 5.48. The third-order valence-electron chi connectivity index (χ3n) is 3.81. The highest BCUT2D eigenvalue weighted by Gasteiger charge is 2.36. The van der Waals surface area contributed by atoms with Gasteiger partial charge in [-0.2, -0.15) is 5.10 Å². The van der Waals surface area contributed by atoms with Gasteiger partial charge in [-0.25, -0.2) is 4.98 Å². The van der Waals surface area contributed by atoms with Gasteiger partial charge in [-0.1, -0.05) is 27.2 Å². The topological polar surface area (TPSA) is 53.6 Å². The molecule has 2 N–H and O–H groups in total. The third kappa shape index (κ3) is 2.51. The molecule has 1 aromatic rings. The first-order valence-electron chi connectivity index (χ1n) is 6.81. The van der Waals surface area contributed by atoms with Crippen LogP contribution in [0.1, 0.15) is 64.0 Å². The molecule has 0 atom stereocenters. The lowest BCUT2D eigenvalue weighted by Crippen LogP contribution is -2.40. The highest BCUT2D eigenvalue weighted by atomic mass is 15.2. The molecule has 1 saturated heterocycles. The van der Waals surface area contributed by atoms with Gasteiger partial charge in [-0.05, 0) is 32.4 Å². The molecular formula is C13H24N4. The molecule has 0 amide bonds. The number of aromatic nitrogens is 3. The number of H-pyrrole nitrogens is 1. The molecular weight excluding hydrogens is 212 g/mol. The van der Waals surface area contributed by atoms with E-state index in [9.17, 15) is 0 Å². The smallest absolute Gasteiger partial charge is 0.156 e. The Morgan fingerprint density at radius 2 is 2.00 bits per heavy atom. The van der Waals surface area contributed by atoms with Crippen LogP contribution in [-0.4, -0.2) is 28.3 Å². The summed E-state index contributed by atoms with van der Waals surface area (Å²) in [6.07, 6.45) is 4.72. The molecule has 0 aromatic carbocycles. The number of nitrogens with one attached hydrogen (secondary N) is 2. The minimum Gasteiger partial charge on any atom is -0.317 e. The van der Waals surface area contributed by atoms with Gasteiger partial charge in [0.25, 0.3) is 0 Å². The lowest BCUT2D eigenvalue weighted by Gasteiger charge is -2.35. The minimum atomic E-state index is 0.212. The van der Waals surface area contributed by atoms with E-state index >= 15 is 0 Å². The van der Waals surface area contributed by atoms with Gasteiger partial charge in [0.2, 0.25) is 0 Å². The van der Waals surface area contributed by atoms with Gasteiger partial charge in [0.15, 0.2) is 5.82 Å². The third-order valence-corrected chi connectivity index (χ3v) is 3.81. The Bertz CT molecular complexity index is 345. The largest absolute Gasteiger partial charge is 0.317 e. The summed E-state index contributed by atoms with van der Waals surface area (Å²) < 4.78 is 0. The fourth-order valence-corrected chi connectivity index (χ4v) is 2.74. The number of aromatic amines is 1. The molecule has 4 heteroatoms. The van der Waals surface area contributed by atoms with Crippen LogP contribution in [0.2, 0.25) is 0 Å². The normalized spacial score (nSPS) is 19.8. The van der Waals surface area contributed by atoms with Crippen molar-refractivity contribution >= 4 is 0 Å². The van der Waals surface area contributed by atoms with Crippen molar-refractivity contribution in [1.82, 2.24) is 20.5 Å². The molecule has 1 aromatic heterocycles. The maximum absolute atomic E-state index is 4.73. The van der Waals surface area contributed by atoms with E-state index in [-0.39, 0.29) is 5.41 Å². The van der Waals surface area contributed by atoms with Gasteiger partial charge >= 0.3 is 0 Å². The van der Waals surface area contributed by atoms with Crippen LogP contribution in [-0.2, 0) is 5.41 Å². The fraction of sp³-hybridized carbons (Fsp3) is 0.846. The van der Waals surface area contributed by atoms with Gasteiger partial charge in [0.05, 0.1) is 0 Å².